The van der Waals surface area contributed by atoms with Gasteiger partial charge in [0.05, 0.1) is 5.69 Å². The molecular formula is C20H19FN4O. The zero-order valence-electron chi connectivity index (χ0n) is 14.4. The molecule has 3 rings (SSSR count). The SMILES string of the molecule is CCN(Cc1ccccc1)c1nccc(C(=O)Nc2ccccc2F)n1. The number of nitrogens with one attached hydrogen (secondary N) is 1. The van der Waals surface area contributed by atoms with Gasteiger partial charge < -0.3 is 10.2 Å². The van der Waals surface area contributed by atoms with Gasteiger partial charge in [-0.1, -0.05) is 42.5 Å². The summed E-state index contributed by atoms with van der Waals surface area (Å²) in [6.45, 7) is 3.32. The highest BCUT2D eigenvalue weighted by Crippen LogP contribution is 2.15. The Morgan fingerprint density at radius 1 is 1.08 bits per heavy atom. The second-order valence-corrected chi connectivity index (χ2v) is 5.68. The van der Waals surface area contributed by atoms with Gasteiger partial charge in [-0.3, -0.25) is 4.79 Å². The standard InChI is InChI=1S/C20H19FN4O/c1-2-25(14-15-8-4-3-5-9-15)20-22-13-12-18(24-20)19(26)23-17-11-7-6-10-16(17)21/h3-13H,2,14H2,1H3,(H,23,26). The molecule has 0 aliphatic carbocycles. The number of aromatic nitrogens is 2. The first-order valence-electron chi connectivity index (χ1n) is 8.35. The fraction of sp³-hybridized carbons (Fsp3) is 0.150. The average Bonchev–Trinajstić information content (AvgIpc) is 2.69. The van der Waals surface area contributed by atoms with Crippen LogP contribution in [0.2, 0.25) is 0 Å². The van der Waals surface area contributed by atoms with Crippen LogP contribution in [0.3, 0.4) is 0 Å². The molecule has 132 valence electrons. The maximum atomic E-state index is 13.7. The highest BCUT2D eigenvalue weighted by molar-refractivity contribution is 6.03. The van der Waals surface area contributed by atoms with Crippen LogP contribution in [0.25, 0.3) is 0 Å². The number of carbonyl (C=O) groups is 1. The van der Waals surface area contributed by atoms with Crippen molar-refractivity contribution in [1.29, 1.82) is 0 Å². The van der Waals surface area contributed by atoms with Gasteiger partial charge >= 0.3 is 0 Å². The van der Waals surface area contributed by atoms with Crippen molar-refractivity contribution in [2.45, 2.75) is 13.5 Å². The van der Waals surface area contributed by atoms with Crippen molar-refractivity contribution in [2.75, 3.05) is 16.8 Å². The maximum Gasteiger partial charge on any atom is 0.274 e. The van der Waals surface area contributed by atoms with E-state index in [1.807, 2.05) is 42.2 Å². The third-order valence-electron chi connectivity index (χ3n) is 3.88. The van der Waals surface area contributed by atoms with E-state index in [4.69, 9.17) is 0 Å². The van der Waals surface area contributed by atoms with Crippen LogP contribution in [-0.4, -0.2) is 22.4 Å². The van der Waals surface area contributed by atoms with Gasteiger partial charge in [0.25, 0.3) is 5.91 Å². The van der Waals surface area contributed by atoms with Crippen LogP contribution in [0.15, 0.2) is 66.9 Å². The highest BCUT2D eigenvalue weighted by Gasteiger charge is 2.14. The number of amides is 1. The van der Waals surface area contributed by atoms with Crippen molar-refractivity contribution in [3.63, 3.8) is 0 Å². The third-order valence-corrected chi connectivity index (χ3v) is 3.88. The molecule has 1 amide bonds. The summed E-state index contributed by atoms with van der Waals surface area (Å²) in [6, 6.07) is 17.5. The Morgan fingerprint density at radius 3 is 2.54 bits per heavy atom. The molecule has 0 fully saturated rings. The molecule has 1 heterocycles. The largest absolute Gasteiger partial charge is 0.337 e. The lowest BCUT2D eigenvalue weighted by atomic mass is 10.2. The zero-order valence-corrected chi connectivity index (χ0v) is 14.4. The number of hydrogen-bond acceptors (Lipinski definition) is 4. The predicted octanol–water partition coefficient (Wildman–Crippen LogP) is 3.89. The van der Waals surface area contributed by atoms with Gasteiger partial charge in [0.1, 0.15) is 11.5 Å². The summed E-state index contributed by atoms with van der Waals surface area (Å²) in [6.07, 6.45) is 1.53. The number of benzene rings is 2. The van der Waals surface area contributed by atoms with Gasteiger partial charge in [-0.2, -0.15) is 0 Å². The fourth-order valence-corrected chi connectivity index (χ4v) is 2.50. The van der Waals surface area contributed by atoms with E-state index in [2.05, 4.69) is 15.3 Å². The molecule has 5 nitrogen and oxygen atoms in total. The molecule has 2 aromatic carbocycles. The Kier molecular flexibility index (Phi) is 5.53. The van der Waals surface area contributed by atoms with E-state index in [-0.39, 0.29) is 11.4 Å². The van der Waals surface area contributed by atoms with Gasteiger partial charge in [0, 0.05) is 19.3 Å². The van der Waals surface area contributed by atoms with Crippen molar-refractivity contribution in [2.24, 2.45) is 0 Å². The molecule has 6 heteroatoms. The minimum atomic E-state index is -0.491. The minimum absolute atomic E-state index is 0.120. The Bertz CT molecular complexity index is 886. The van der Waals surface area contributed by atoms with E-state index >= 15 is 0 Å². The van der Waals surface area contributed by atoms with E-state index in [1.54, 1.807) is 12.1 Å². The first-order chi connectivity index (χ1) is 12.7. The molecule has 0 spiro atoms. The molecule has 26 heavy (non-hydrogen) atoms. The normalized spacial score (nSPS) is 10.4. The van der Waals surface area contributed by atoms with E-state index in [0.29, 0.717) is 19.0 Å². The van der Waals surface area contributed by atoms with Crippen molar-refractivity contribution < 1.29 is 9.18 Å². The van der Waals surface area contributed by atoms with Crippen LogP contribution in [-0.2, 0) is 6.54 Å². The van der Waals surface area contributed by atoms with E-state index in [1.165, 1.54) is 24.4 Å². The zero-order chi connectivity index (χ0) is 18.4. The molecule has 0 saturated heterocycles. The molecule has 0 saturated carbocycles. The monoisotopic (exact) mass is 350 g/mol. The minimum Gasteiger partial charge on any atom is -0.337 e. The summed E-state index contributed by atoms with van der Waals surface area (Å²) in [5, 5.41) is 2.54. The highest BCUT2D eigenvalue weighted by atomic mass is 19.1. The molecule has 0 aliphatic heterocycles. The summed E-state index contributed by atoms with van der Waals surface area (Å²) in [4.78, 5) is 23.0. The Labute approximate surface area is 151 Å². The molecule has 0 atom stereocenters. The number of para-hydroxylation sites is 1. The molecule has 1 N–H and O–H groups in total. The number of halogens is 1. The fourth-order valence-electron chi connectivity index (χ4n) is 2.50. The van der Waals surface area contributed by atoms with Crippen LogP contribution in [0.4, 0.5) is 16.0 Å². The van der Waals surface area contributed by atoms with E-state index in [9.17, 15) is 9.18 Å². The first kappa shape index (κ1) is 17.5. The first-order valence-corrected chi connectivity index (χ1v) is 8.35. The van der Waals surface area contributed by atoms with E-state index in [0.717, 1.165) is 5.56 Å². The molecule has 3 aromatic rings. The Balaban J connectivity index is 1.78. The summed E-state index contributed by atoms with van der Waals surface area (Å²) in [5.41, 5.74) is 1.43. The quantitative estimate of drug-likeness (QED) is 0.733. The van der Waals surface area contributed by atoms with Crippen LogP contribution in [0, 0.1) is 5.82 Å². The number of rotatable bonds is 6. The Hall–Kier alpha value is -3.28. The van der Waals surface area contributed by atoms with Crippen molar-refractivity contribution in [3.8, 4) is 0 Å². The lowest BCUT2D eigenvalue weighted by molar-refractivity contribution is 0.102. The second kappa shape index (κ2) is 8.20. The Morgan fingerprint density at radius 2 is 1.81 bits per heavy atom. The molecular weight excluding hydrogens is 331 g/mol. The summed E-state index contributed by atoms with van der Waals surface area (Å²) >= 11 is 0. The van der Waals surface area contributed by atoms with Crippen molar-refractivity contribution in [1.82, 2.24) is 9.97 Å². The van der Waals surface area contributed by atoms with Gasteiger partial charge in [-0.25, -0.2) is 14.4 Å². The molecule has 0 aliphatic rings. The summed E-state index contributed by atoms with van der Waals surface area (Å²) in [7, 11) is 0. The van der Waals surface area contributed by atoms with Gasteiger partial charge in [0.2, 0.25) is 5.95 Å². The maximum absolute atomic E-state index is 13.7. The summed E-state index contributed by atoms with van der Waals surface area (Å²) in [5.74, 6) is -0.513. The second-order valence-electron chi connectivity index (χ2n) is 5.68. The average molecular weight is 350 g/mol. The van der Waals surface area contributed by atoms with Crippen LogP contribution in [0.1, 0.15) is 23.0 Å². The van der Waals surface area contributed by atoms with Gasteiger partial charge in [0.15, 0.2) is 0 Å². The lowest BCUT2D eigenvalue weighted by Crippen LogP contribution is -2.25. The lowest BCUT2D eigenvalue weighted by Gasteiger charge is -2.21. The summed E-state index contributed by atoms with van der Waals surface area (Å²) < 4.78 is 13.7. The number of hydrogen-bond donors (Lipinski definition) is 1. The number of anilines is 2. The topological polar surface area (TPSA) is 58.1 Å². The van der Waals surface area contributed by atoms with Gasteiger partial charge in [-0.05, 0) is 30.7 Å². The molecule has 0 unspecified atom stereocenters. The molecule has 0 radical (unpaired) electrons. The van der Waals surface area contributed by atoms with Crippen LogP contribution < -0.4 is 10.2 Å². The van der Waals surface area contributed by atoms with Crippen molar-refractivity contribution in [3.05, 3.63) is 83.9 Å². The van der Waals surface area contributed by atoms with Crippen LogP contribution >= 0.6 is 0 Å². The van der Waals surface area contributed by atoms with Crippen molar-refractivity contribution >= 4 is 17.5 Å². The molecule has 0 bridgehead atoms. The van der Waals surface area contributed by atoms with E-state index < -0.39 is 11.7 Å². The van der Waals surface area contributed by atoms with Crippen LogP contribution in [0.5, 0.6) is 0 Å². The third kappa shape index (κ3) is 4.22. The van der Waals surface area contributed by atoms with Gasteiger partial charge in [-0.15, -0.1) is 0 Å². The number of nitrogens with zero attached hydrogens (tertiary/aromatic N) is 3. The smallest absolute Gasteiger partial charge is 0.274 e. The molecule has 1 aromatic heterocycles. The predicted molar refractivity (Wildman–Crippen MR) is 99.6 cm³/mol. The number of carbonyl (C=O) groups excluding carboxylic acids is 1.